The van der Waals surface area contributed by atoms with Gasteiger partial charge in [0.25, 0.3) is 11.5 Å². The molecule has 1 aromatic carbocycles. The predicted octanol–water partition coefficient (Wildman–Crippen LogP) is 0.750. The highest BCUT2D eigenvalue weighted by Crippen LogP contribution is 1.98. The molecule has 1 heterocycles. The fourth-order valence-corrected chi connectivity index (χ4v) is 1.96. The molecule has 0 saturated carbocycles. The number of pyridine rings is 1. The van der Waals surface area contributed by atoms with Crippen molar-refractivity contribution in [1.82, 2.24) is 9.88 Å². The van der Waals surface area contributed by atoms with Crippen molar-refractivity contribution in [3.63, 3.8) is 0 Å². The topological polar surface area (TPSA) is 77.4 Å². The van der Waals surface area contributed by atoms with Gasteiger partial charge in [-0.3, -0.25) is 14.4 Å². The van der Waals surface area contributed by atoms with Gasteiger partial charge in [0, 0.05) is 18.8 Å². The molecule has 0 atom stereocenters. The molecule has 1 amide bonds. The van der Waals surface area contributed by atoms with E-state index >= 15 is 0 Å². The van der Waals surface area contributed by atoms with E-state index in [-0.39, 0.29) is 24.6 Å². The van der Waals surface area contributed by atoms with E-state index < -0.39 is 5.97 Å². The Kier molecular flexibility index (Phi) is 6.11. The predicted molar refractivity (Wildman–Crippen MR) is 84.8 cm³/mol. The Morgan fingerprint density at radius 3 is 2.52 bits per heavy atom. The van der Waals surface area contributed by atoms with Crippen LogP contribution >= 0.6 is 0 Å². The van der Waals surface area contributed by atoms with E-state index in [1.54, 1.807) is 12.1 Å². The van der Waals surface area contributed by atoms with Crippen LogP contribution in [0.1, 0.15) is 5.56 Å². The second-order valence-corrected chi connectivity index (χ2v) is 4.91. The zero-order valence-electron chi connectivity index (χ0n) is 12.6. The number of carbonyl (C=O) groups excluding carboxylic acids is 2. The summed E-state index contributed by atoms with van der Waals surface area (Å²) in [7, 11) is 0. The summed E-state index contributed by atoms with van der Waals surface area (Å²) in [6.07, 6.45) is 2.20. The van der Waals surface area contributed by atoms with Crippen LogP contribution in [0.5, 0.6) is 0 Å². The summed E-state index contributed by atoms with van der Waals surface area (Å²) in [5.74, 6) is -0.994. The molecule has 0 aliphatic heterocycles. The van der Waals surface area contributed by atoms with Gasteiger partial charge in [0.1, 0.15) is 6.54 Å². The van der Waals surface area contributed by atoms with Crippen LogP contribution in [-0.2, 0) is 27.3 Å². The van der Waals surface area contributed by atoms with Gasteiger partial charge in [0.2, 0.25) is 0 Å². The molecule has 0 saturated heterocycles. The molecule has 0 aliphatic carbocycles. The Morgan fingerprint density at radius 1 is 1.04 bits per heavy atom. The van der Waals surface area contributed by atoms with Gasteiger partial charge >= 0.3 is 5.97 Å². The molecule has 0 spiro atoms. The monoisotopic (exact) mass is 314 g/mol. The average Bonchev–Trinajstić information content (AvgIpc) is 2.56. The molecule has 120 valence electrons. The fourth-order valence-electron chi connectivity index (χ4n) is 1.96. The van der Waals surface area contributed by atoms with E-state index in [2.05, 4.69) is 5.32 Å². The van der Waals surface area contributed by atoms with Gasteiger partial charge in [0.05, 0.1) is 0 Å². The Bertz CT molecular complexity index is 710. The number of ether oxygens (including phenoxy) is 1. The third-order valence-electron chi connectivity index (χ3n) is 3.14. The van der Waals surface area contributed by atoms with Crippen LogP contribution in [0.4, 0.5) is 0 Å². The first-order valence-electron chi connectivity index (χ1n) is 7.27. The Balaban J connectivity index is 1.67. The summed E-state index contributed by atoms with van der Waals surface area (Å²) in [6, 6.07) is 14.3. The fraction of sp³-hybridized carbons (Fsp3) is 0.235. The van der Waals surface area contributed by atoms with E-state index in [4.69, 9.17) is 4.74 Å². The molecule has 6 heteroatoms. The van der Waals surface area contributed by atoms with Gasteiger partial charge in [-0.25, -0.2) is 0 Å². The first-order chi connectivity index (χ1) is 11.1. The highest BCUT2D eigenvalue weighted by molar-refractivity contribution is 5.80. The molecule has 0 radical (unpaired) electrons. The highest BCUT2D eigenvalue weighted by atomic mass is 16.5. The number of hydrogen-bond acceptors (Lipinski definition) is 4. The van der Waals surface area contributed by atoms with Crippen LogP contribution in [0.3, 0.4) is 0 Å². The lowest BCUT2D eigenvalue weighted by atomic mass is 10.1. The first-order valence-corrected chi connectivity index (χ1v) is 7.27. The summed E-state index contributed by atoms with van der Waals surface area (Å²) in [6.45, 7) is -0.0925. The molecule has 23 heavy (non-hydrogen) atoms. The standard InChI is InChI=1S/C17H18N2O4/c20-15(18-10-9-14-6-2-1-3-7-14)13-23-17(22)12-19-11-5-4-8-16(19)21/h1-8,11H,9-10,12-13H2,(H,18,20). The lowest BCUT2D eigenvalue weighted by Gasteiger charge is -2.07. The van der Waals surface area contributed by atoms with Crippen molar-refractivity contribution in [3.05, 3.63) is 70.6 Å². The van der Waals surface area contributed by atoms with Crippen LogP contribution in [0.2, 0.25) is 0 Å². The summed E-state index contributed by atoms with van der Waals surface area (Å²) in [5, 5.41) is 2.68. The van der Waals surface area contributed by atoms with Crippen LogP contribution in [-0.4, -0.2) is 29.6 Å². The Hall–Kier alpha value is -2.89. The van der Waals surface area contributed by atoms with Crippen LogP contribution in [0, 0.1) is 0 Å². The molecule has 2 rings (SSSR count). The van der Waals surface area contributed by atoms with Crippen LogP contribution < -0.4 is 10.9 Å². The molecule has 0 unspecified atom stereocenters. The second-order valence-electron chi connectivity index (χ2n) is 4.91. The van der Waals surface area contributed by atoms with E-state index in [9.17, 15) is 14.4 Å². The highest BCUT2D eigenvalue weighted by Gasteiger charge is 2.08. The number of benzene rings is 1. The smallest absolute Gasteiger partial charge is 0.326 e. The third-order valence-corrected chi connectivity index (χ3v) is 3.14. The summed E-state index contributed by atoms with van der Waals surface area (Å²) >= 11 is 0. The molecule has 6 nitrogen and oxygen atoms in total. The maximum absolute atomic E-state index is 11.6. The first kappa shape index (κ1) is 16.5. The van der Waals surface area contributed by atoms with Gasteiger partial charge in [0.15, 0.2) is 6.61 Å². The van der Waals surface area contributed by atoms with Crippen molar-refractivity contribution >= 4 is 11.9 Å². The number of carbonyl (C=O) groups is 2. The Morgan fingerprint density at radius 2 is 1.78 bits per heavy atom. The number of rotatable bonds is 7. The van der Waals surface area contributed by atoms with Gasteiger partial charge < -0.3 is 14.6 Å². The number of nitrogens with zero attached hydrogens (tertiary/aromatic N) is 1. The third kappa shape index (κ3) is 5.78. The van der Waals surface area contributed by atoms with E-state index in [1.807, 2.05) is 30.3 Å². The van der Waals surface area contributed by atoms with Gasteiger partial charge in [-0.1, -0.05) is 36.4 Å². The largest absolute Gasteiger partial charge is 0.454 e. The summed E-state index contributed by atoms with van der Waals surface area (Å²) in [5.41, 5.74) is 0.824. The number of nitrogens with one attached hydrogen (secondary N) is 1. The Labute approximate surface area is 133 Å². The van der Waals surface area contributed by atoms with E-state index in [0.717, 1.165) is 5.56 Å². The lowest BCUT2D eigenvalue weighted by Crippen LogP contribution is -2.32. The maximum Gasteiger partial charge on any atom is 0.326 e. The van der Waals surface area contributed by atoms with Crippen LogP contribution in [0.15, 0.2) is 59.5 Å². The van der Waals surface area contributed by atoms with Gasteiger partial charge in [-0.15, -0.1) is 0 Å². The molecule has 0 aliphatic rings. The van der Waals surface area contributed by atoms with Crippen molar-refractivity contribution in [2.24, 2.45) is 0 Å². The van der Waals surface area contributed by atoms with Crippen molar-refractivity contribution in [1.29, 1.82) is 0 Å². The van der Waals surface area contributed by atoms with Crippen molar-refractivity contribution in [3.8, 4) is 0 Å². The normalized spacial score (nSPS) is 10.1. The summed E-state index contributed by atoms with van der Waals surface area (Å²) < 4.78 is 6.07. The molecule has 1 aromatic heterocycles. The minimum atomic E-state index is -0.628. The zero-order valence-corrected chi connectivity index (χ0v) is 12.6. The minimum Gasteiger partial charge on any atom is -0.454 e. The lowest BCUT2D eigenvalue weighted by molar-refractivity contribution is -0.149. The molecule has 0 bridgehead atoms. The number of esters is 1. The molecule has 1 N–H and O–H groups in total. The molecular weight excluding hydrogens is 296 g/mol. The number of aromatic nitrogens is 1. The average molecular weight is 314 g/mol. The maximum atomic E-state index is 11.6. The van der Waals surface area contributed by atoms with Gasteiger partial charge in [-0.2, -0.15) is 0 Å². The van der Waals surface area contributed by atoms with Crippen LogP contribution in [0.25, 0.3) is 0 Å². The minimum absolute atomic E-state index is 0.211. The molecule has 2 aromatic rings. The zero-order chi connectivity index (χ0) is 16.5. The SMILES string of the molecule is O=C(COC(=O)Cn1ccccc1=O)NCCc1ccccc1. The van der Waals surface area contributed by atoms with E-state index in [0.29, 0.717) is 13.0 Å². The molecular formula is C17H18N2O4. The number of hydrogen-bond donors (Lipinski definition) is 1. The second kappa shape index (κ2) is 8.53. The molecule has 0 fully saturated rings. The van der Waals surface area contributed by atoms with Crippen molar-refractivity contribution in [2.75, 3.05) is 13.2 Å². The van der Waals surface area contributed by atoms with Gasteiger partial charge in [-0.05, 0) is 18.1 Å². The van der Waals surface area contributed by atoms with Crippen molar-refractivity contribution in [2.45, 2.75) is 13.0 Å². The van der Waals surface area contributed by atoms with Crippen molar-refractivity contribution < 1.29 is 14.3 Å². The quantitative estimate of drug-likeness (QED) is 0.765. The number of amides is 1. The van der Waals surface area contributed by atoms with E-state index in [1.165, 1.54) is 16.8 Å². The summed E-state index contributed by atoms with van der Waals surface area (Å²) in [4.78, 5) is 34.6.